The first-order valence-electron chi connectivity index (χ1n) is 8.21. The van der Waals surface area contributed by atoms with E-state index in [9.17, 15) is 4.79 Å². The molecule has 0 saturated carbocycles. The van der Waals surface area contributed by atoms with Crippen LogP contribution in [0.15, 0.2) is 67.0 Å². The van der Waals surface area contributed by atoms with E-state index in [4.69, 9.17) is 4.74 Å². The van der Waals surface area contributed by atoms with Crippen molar-refractivity contribution in [3.8, 4) is 11.4 Å². The first-order valence-corrected chi connectivity index (χ1v) is 8.21. The van der Waals surface area contributed by atoms with Crippen LogP contribution in [0.1, 0.15) is 19.2 Å². The van der Waals surface area contributed by atoms with Crippen LogP contribution in [0.5, 0.6) is 5.75 Å². The summed E-state index contributed by atoms with van der Waals surface area (Å²) in [7, 11) is 0. The van der Waals surface area contributed by atoms with Gasteiger partial charge in [0.25, 0.3) is 5.91 Å². The Bertz CT molecular complexity index is 803. The van der Waals surface area contributed by atoms with E-state index in [1.54, 1.807) is 6.33 Å². The third-order valence-electron chi connectivity index (χ3n) is 3.76. The summed E-state index contributed by atoms with van der Waals surface area (Å²) in [4.78, 5) is 12.4. The molecule has 2 aromatic carbocycles. The Morgan fingerprint density at radius 1 is 1.12 bits per heavy atom. The van der Waals surface area contributed by atoms with Crippen LogP contribution in [0.2, 0.25) is 0 Å². The van der Waals surface area contributed by atoms with Crippen molar-refractivity contribution in [2.45, 2.75) is 26.0 Å². The van der Waals surface area contributed by atoms with E-state index < -0.39 is 6.10 Å². The lowest BCUT2D eigenvalue weighted by molar-refractivity contribution is -0.128. The molecule has 0 aliphatic heterocycles. The smallest absolute Gasteiger partial charge is 0.261 e. The molecule has 3 aromatic rings. The molecule has 25 heavy (non-hydrogen) atoms. The molecule has 1 N–H and O–H groups in total. The molecule has 0 spiro atoms. The summed E-state index contributed by atoms with van der Waals surface area (Å²) in [6, 6.07) is 19.1. The molecule has 0 saturated heterocycles. The molecule has 0 unspecified atom stereocenters. The molecule has 6 heteroatoms. The van der Waals surface area contributed by atoms with Gasteiger partial charge < -0.3 is 10.1 Å². The predicted molar refractivity (Wildman–Crippen MR) is 94.4 cm³/mol. The minimum absolute atomic E-state index is 0.172. The van der Waals surface area contributed by atoms with Crippen LogP contribution >= 0.6 is 0 Å². The average molecular weight is 336 g/mol. The average Bonchev–Trinajstić information content (AvgIpc) is 3.14. The summed E-state index contributed by atoms with van der Waals surface area (Å²) < 4.78 is 7.60. The van der Waals surface area contributed by atoms with Gasteiger partial charge in [0.15, 0.2) is 11.9 Å². The number of benzene rings is 2. The van der Waals surface area contributed by atoms with Crippen molar-refractivity contribution in [1.29, 1.82) is 0 Å². The Morgan fingerprint density at radius 2 is 1.80 bits per heavy atom. The van der Waals surface area contributed by atoms with Crippen LogP contribution in [-0.2, 0) is 11.3 Å². The van der Waals surface area contributed by atoms with E-state index in [1.807, 2.05) is 72.2 Å². The molecule has 0 aliphatic carbocycles. The van der Waals surface area contributed by atoms with Crippen LogP contribution in [0.4, 0.5) is 0 Å². The molecule has 0 aliphatic rings. The molecule has 1 atom stereocenters. The van der Waals surface area contributed by atoms with E-state index >= 15 is 0 Å². The minimum atomic E-state index is -0.546. The zero-order chi connectivity index (χ0) is 17.5. The van der Waals surface area contributed by atoms with E-state index in [2.05, 4.69) is 15.5 Å². The van der Waals surface area contributed by atoms with Crippen LogP contribution in [0.25, 0.3) is 5.69 Å². The van der Waals surface area contributed by atoms with Gasteiger partial charge in [-0.25, -0.2) is 0 Å². The van der Waals surface area contributed by atoms with Gasteiger partial charge in [-0.2, -0.15) is 0 Å². The highest BCUT2D eigenvalue weighted by Crippen LogP contribution is 2.13. The van der Waals surface area contributed by atoms with Gasteiger partial charge >= 0.3 is 0 Å². The second-order valence-electron chi connectivity index (χ2n) is 5.50. The Morgan fingerprint density at radius 3 is 2.48 bits per heavy atom. The van der Waals surface area contributed by atoms with Crippen molar-refractivity contribution in [1.82, 2.24) is 20.1 Å². The zero-order valence-corrected chi connectivity index (χ0v) is 14.0. The number of nitrogens with one attached hydrogen (secondary N) is 1. The second-order valence-corrected chi connectivity index (χ2v) is 5.50. The van der Waals surface area contributed by atoms with Gasteiger partial charge in [-0.05, 0) is 30.7 Å². The second kappa shape index (κ2) is 8.10. The van der Waals surface area contributed by atoms with E-state index in [0.29, 0.717) is 18.0 Å². The van der Waals surface area contributed by atoms with Gasteiger partial charge in [-0.1, -0.05) is 43.3 Å². The van der Waals surface area contributed by atoms with Crippen molar-refractivity contribution >= 4 is 5.91 Å². The molecule has 6 nitrogen and oxygen atoms in total. The Labute approximate surface area is 146 Å². The highest BCUT2D eigenvalue weighted by atomic mass is 16.5. The highest BCUT2D eigenvalue weighted by Gasteiger charge is 2.19. The van der Waals surface area contributed by atoms with Crippen molar-refractivity contribution in [2.24, 2.45) is 0 Å². The first kappa shape index (κ1) is 16.7. The van der Waals surface area contributed by atoms with E-state index in [-0.39, 0.29) is 12.5 Å². The fourth-order valence-electron chi connectivity index (χ4n) is 2.45. The molecule has 128 valence electrons. The summed E-state index contributed by atoms with van der Waals surface area (Å²) in [6.45, 7) is 2.20. The molecule has 0 fully saturated rings. The summed E-state index contributed by atoms with van der Waals surface area (Å²) in [5, 5.41) is 10.9. The number of hydrogen-bond acceptors (Lipinski definition) is 4. The molecular formula is C19H20N4O2. The van der Waals surface area contributed by atoms with Crippen molar-refractivity contribution in [2.75, 3.05) is 0 Å². The minimum Gasteiger partial charge on any atom is -0.481 e. The Kier molecular flexibility index (Phi) is 5.41. The summed E-state index contributed by atoms with van der Waals surface area (Å²) in [5.41, 5.74) is 0.948. The van der Waals surface area contributed by atoms with Crippen LogP contribution in [0.3, 0.4) is 0 Å². The van der Waals surface area contributed by atoms with Crippen LogP contribution in [0, 0.1) is 0 Å². The lowest BCUT2D eigenvalue weighted by atomic mass is 10.2. The number of ether oxygens (including phenoxy) is 1. The number of carbonyl (C=O) groups is 1. The standard InChI is InChI=1S/C19H20N4O2/c1-2-17(25-16-11-7-4-8-12-16)19(24)20-13-18-22-21-14-23(18)15-9-5-3-6-10-15/h3-12,14,17H,2,13H2,1H3,(H,20,24)/t17-/m0/s1. The zero-order valence-electron chi connectivity index (χ0n) is 14.0. The van der Waals surface area contributed by atoms with Gasteiger partial charge in [-0.15, -0.1) is 10.2 Å². The van der Waals surface area contributed by atoms with Crippen molar-refractivity contribution in [3.63, 3.8) is 0 Å². The van der Waals surface area contributed by atoms with Gasteiger partial charge in [0, 0.05) is 5.69 Å². The number of nitrogens with zero attached hydrogens (tertiary/aromatic N) is 3. The normalized spacial score (nSPS) is 11.7. The molecule has 3 rings (SSSR count). The lowest BCUT2D eigenvalue weighted by Crippen LogP contribution is -2.38. The number of hydrogen-bond donors (Lipinski definition) is 1. The first-order chi connectivity index (χ1) is 12.3. The third-order valence-corrected chi connectivity index (χ3v) is 3.76. The Hall–Kier alpha value is -3.15. The Balaban J connectivity index is 1.63. The number of rotatable bonds is 7. The number of para-hydroxylation sites is 2. The molecule has 1 amide bonds. The molecule has 0 radical (unpaired) electrons. The summed E-state index contributed by atoms with van der Waals surface area (Å²) >= 11 is 0. The molecule has 1 aromatic heterocycles. The maximum Gasteiger partial charge on any atom is 0.261 e. The predicted octanol–water partition coefficient (Wildman–Crippen LogP) is 2.74. The van der Waals surface area contributed by atoms with E-state index in [0.717, 1.165) is 5.69 Å². The van der Waals surface area contributed by atoms with Gasteiger partial charge in [0.1, 0.15) is 12.1 Å². The topological polar surface area (TPSA) is 69.0 Å². The maximum absolute atomic E-state index is 12.4. The fourth-order valence-corrected chi connectivity index (χ4v) is 2.45. The summed E-state index contributed by atoms with van der Waals surface area (Å²) in [6.07, 6.45) is 1.66. The number of aromatic nitrogens is 3. The quantitative estimate of drug-likeness (QED) is 0.720. The van der Waals surface area contributed by atoms with Gasteiger partial charge in [-0.3, -0.25) is 9.36 Å². The van der Waals surface area contributed by atoms with Crippen molar-refractivity contribution < 1.29 is 9.53 Å². The number of carbonyl (C=O) groups excluding carboxylic acids is 1. The SMILES string of the molecule is CC[C@H](Oc1ccccc1)C(=O)NCc1nncn1-c1ccccc1. The monoisotopic (exact) mass is 336 g/mol. The fraction of sp³-hybridized carbons (Fsp3) is 0.211. The van der Waals surface area contributed by atoms with E-state index in [1.165, 1.54) is 0 Å². The highest BCUT2D eigenvalue weighted by molar-refractivity contribution is 5.81. The maximum atomic E-state index is 12.4. The van der Waals surface area contributed by atoms with Gasteiger partial charge in [0.2, 0.25) is 0 Å². The van der Waals surface area contributed by atoms with Crippen molar-refractivity contribution in [3.05, 3.63) is 72.8 Å². The van der Waals surface area contributed by atoms with Crippen LogP contribution < -0.4 is 10.1 Å². The molecule has 0 bridgehead atoms. The molecule has 1 heterocycles. The third kappa shape index (κ3) is 4.23. The summed E-state index contributed by atoms with van der Waals surface area (Å²) in [5.74, 6) is 1.17. The number of amides is 1. The lowest BCUT2D eigenvalue weighted by Gasteiger charge is -2.17. The molecular weight excluding hydrogens is 316 g/mol. The van der Waals surface area contributed by atoms with Crippen LogP contribution in [-0.4, -0.2) is 26.8 Å². The largest absolute Gasteiger partial charge is 0.481 e. The van der Waals surface area contributed by atoms with Gasteiger partial charge in [0.05, 0.1) is 6.54 Å².